The molecule has 2 rings (SSSR count). The van der Waals surface area contributed by atoms with E-state index in [0.29, 0.717) is 12.5 Å². The van der Waals surface area contributed by atoms with Gasteiger partial charge in [-0.1, -0.05) is 12.2 Å². The van der Waals surface area contributed by atoms with Gasteiger partial charge in [0.15, 0.2) is 0 Å². The number of allylic oxidation sites excluding steroid dienone is 2. The molecule has 0 bridgehead atoms. The lowest BCUT2D eigenvalue weighted by Crippen LogP contribution is -2.16. The molecule has 1 unspecified atom stereocenters. The van der Waals surface area contributed by atoms with Crippen LogP contribution in [0.1, 0.15) is 19.3 Å². The van der Waals surface area contributed by atoms with Crippen LogP contribution in [-0.2, 0) is 0 Å². The van der Waals surface area contributed by atoms with Crippen LogP contribution in [0, 0.1) is 17.6 Å². The van der Waals surface area contributed by atoms with Crippen LogP contribution < -0.4 is 5.32 Å². The lowest BCUT2D eigenvalue weighted by molar-refractivity contribution is 0.502. The predicted octanol–water partition coefficient (Wildman–Crippen LogP) is 3.73. The minimum absolute atomic E-state index is 0.259. The van der Waals surface area contributed by atoms with Crippen molar-refractivity contribution >= 4 is 5.69 Å². The second-order valence-corrected chi connectivity index (χ2v) is 4.16. The number of benzene rings is 1. The van der Waals surface area contributed by atoms with Crippen molar-refractivity contribution in [3.8, 4) is 0 Å². The first-order valence-electron chi connectivity index (χ1n) is 5.59. The molecule has 0 heterocycles. The molecule has 0 fully saturated rings. The van der Waals surface area contributed by atoms with E-state index in [1.165, 1.54) is 6.07 Å². The molecule has 3 heteroatoms. The van der Waals surface area contributed by atoms with Gasteiger partial charge in [-0.2, -0.15) is 0 Å². The van der Waals surface area contributed by atoms with E-state index >= 15 is 0 Å². The third-order valence-corrected chi connectivity index (χ3v) is 2.89. The first-order chi connectivity index (χ1) is 7.75. The number of hydrogen-bond donors (Lipinski definition) is 1. The van der Waals surface area contributed by atoms with Gasteiger partial charge in [0.1, 0.15) is 11.6 Å². The van der Waals surface area contributed by atoms with Crippen molar-refractivity contribution in [2.75, 3.05) is 11.9 Å². The second-order valence-electron chi connectivity index (χ2n) is 4.16. The van der Waals surface area contributed by atoms with Gasteiger partial charge < -0.3 is 5.32 Å². The predicted molar refractivity (Wildman–Crippen MR) is 61.3 cm³/mol. The normalized spacial score (nSPS) is 19.8. The van der Waals surface area contributed by atoms with E-state index in [4.69, 9.17) is 0 Å². The number of rotatable bonds is 3. The molecule has 1 atom stereocenters. The average molecular weight is 223 g/mol. The standard InChI is InChI=1S/C13H15F2N/c14-11-6-7-12(15)13(8-11)16-9-10-4-2-1-3-5-10/h1-2,6-8,10,16H,3-5,9H2. The Morgan fingerprint density at radius 2 is 2.12 bits per heavy atom. The number of hydrogen-bond acceptors (Lipinski definition) is 1. The first kappa shape index (κ1) is 11.1. The molecule has 0 amide bonds. The summed E-state index contributed by atoms with van der Waals surface area (Å²) in [5.74, 6) is -0.284. The third kappa shape index (κ3) is 2.81. The summed E-state index contributed by atoms with van der Waals surface area (Å²) in [5, 5.41) is 2.97. The zero-order valence-corrected chi connectivity index (χ0v) is 9.05. The van der Waals surface area contributed by atoms with Crippen molar-refractivity contribution in [1.82, 2.24) is 0 Å². The molecule has 1 aromatic carbocycles. The monoisotopic (exact) mass is 223 g/mol. The van der Waals surface area contributed by atoms with E-state index in [1.807, 2.05) is 0 Å². The zero-order chi connectivity index (χ0) is 11.4. The molecule has 0 aromatic heterocycles. The summed E-state index contributed by atoms with van der Waals surface area (Å²) in [5.41, 5.74) is 0.259. The fourth-order valence-corrected chi connectivity index (χ4v) is 1.93. The average Bonchev–Trinajstić information content (AvgIpc) is 2.32. The molecular formula is C13H15F2N. The molecule has 0 aliphatic heterocycles. The van der Waals surface area contributed by atoms with Crippen molar-refractivity contribution in [1.29, 1.82) is 0 Å². The quantitative estimate of drug-likeness (QED) is 0.770. The fraction of sp³-hybridized carbons (Fsp3) is 0.385. The summed E-state index contributed by atoms with van der Waals surface area (Å²) in [7, 11) is 0. The first-order valence-corrected chi connectivity index (χ1v) is 5.59. The highest BCUT2D eigenvalue weighted by Crippen LogP contribution is 2.20. The summed E-state index contributed by atoms with van der Waals surface area (Å²) < 4.78 is 26.2. The van der Waals surface area contributed by atoms with Gasteiger partial charge in [0, 0.05) is 6.54 Å². The summed E-state index contributed by atoms with van der Waals surface area (Å²) in [6.07, 6.45) is 7.53. The number of anilines is 1. The Labute approximate surface area is 94.2 Å². The lowest BCUT2D eigenvalue weighted by Gasteiger charge is -2.19. The Kier molecular flexibility index (Phi) is 3.54. The summed E-state index contributed by atoms with van der Waals surface area (Å²) in [6.45, 7) is 0.699. The van der Waals surface area contributed by atoms with E-state index in [-0.39, 0.29) is 5.69 Å². The molecule has 1 nitrogen and oxygen atoms in total. The molecule has 0 saturated carbocycles. The van der Waals surface area contributed by atoms with E-state index in [1.54, 1.807) is 0 Å². The molecule has 1 aliphatic carbocycles. The van der Waals surface area contributed by atoms with Crippen molar-refractivity contribution in [3.63, 3.8) is 0 Å². The molecule has 0 spiro atoms. The van der Waals surface area contributed by atoms with Crippen LogP contribution in [0.2, 0.25) is 0 Å². The van der Waals surface area contributed by atoms with Crippen molar-refractivity contribution in [2.45, 2.75) is 19.3 Å². The van der Waals surface area contributed by atoms with Crippen LogP contribution in [0.3, 0.4) is 0 Å². The highest BCUT2D eigenvalue weighted by atomic mass is 19.1. The smallest absolute Gasteiger partial charge is 0.146 e. The lowest BCUT2D eigenvalue weighted by atomic mass is 9.94. The number of halogens is 2. The van der Waals surface area contributed by atoms with Gasteiger partial charge >= 0.3 is 0 Å². The highest BCUT2D eigenvalue weighted by molar-refractivity contribution is 5.44. The van der Waals surface area contributed by atoms with E-state index in [0.717, 1.165) is 31.4 Å². The Bertz CT molecular complexity index is 388. The van der Waals surface area contributed by atoms with Gasteiger partial charge in [0.05, 0.1) is 5.69 Å². The van der Waals surface area contributed by atoms with Crippen molar-refractivity contribution < 1.29 is 8.78 Å². The summed E-state index contributed by atoms with van der Waals surface area (Å²) in [4.78, 5) is 0. The Balaban J connectivity index is 1.93. The van der Waals surface area contributed by atoms with Gasteiger partial charge in [-0.05, 0) is 43.4 Å². The summed E-state index contributed by atoms with van der Waals surface area (Å²) >= 11 is 0. The Morgan fingerprint density at radius 3 is 2.88 bits per heavy atom. The van der Waals surface area contributed by atoms with E-state index < -0.39 is 11.6 Å². The Hall–Kier alpha value is -1.38. The maximum absolute atomic E-state index is 13.3. The van der Waals surface area contributed by atoms with Gasteiger partial charge in [-0.15, -0.1) is 0 Å². The van der Waals surface area contributed by atoms with Crippen LogP contribution in [0.15, 0.2) is 30.4 Å². The molecule has 0 radical (unpaired) electrons. The maximum Gasteiger partial charge on any atom is 0.146 e. The minimum atomic E-state index is -0.410. The van der Waals surface area contributed by atoms with Crippen LogP contribution in [0.4, 0.5) is 14.5 Å². The third-order valence-electron chi connectivity index (χ3n) is 2.89. The highest BCUT2D eigenvalue weighted by Gasteiger charge is 2.10. The largest absolute Gasteiger partial charge is 0.382 e. The van der Waals surface area contributed by atoms with Gasteiger partial charge in [0.2, 0.25) is 0 Å². The minimum Gasteiger partial charge on any atom is -0.382 e. The topological polar surface area (TPSA) is 12.0 Å². The molecule has 1 N–H and O–H groups in total. The van der Waals surface area contributed by atoms with Crippen molar-refractivity contribution in [3.05, 3.63) is 42.0 Å². The van der Waals surface area contributed by atoms with Gasteiger partial charge in [0.25, 0.3) is 0 Å². The fourth-order valence-electron chi connectivity index (χ4n) is 1.93. The summed E-state index contributed by atoms with van der Waals surface area (Å²) in [6, 6.07) is 3.48. The van der Waals surface area contributed by atoms with E-state index in [2.05, 4.69) is 17.5 Å². The second kappa shape index (κ2) is 5.10. The number of nitrogens with one attached hydrogen (secondary N) is 1. The SMILES string of the molecule is Fc1ccc(F)c(NCC2CC=CCC2)c1. The van der Waals surface area contributed by atoms with Crippen LogP contribution in [0.5, 0.6) is 0 Å². The molecule has 86 valence electrons. The Morgan fingerprint density at radius 1 is 1.25 bits per heavy atom. The molecule has 0 saturated heterocycles. The van der Waals surface area contributed by atoms with Crippen LogP contribution in [0.25, 0.3) is 0 Å². The van der Waals surface area contributed by atoms with Gasteiger partial charge in [-0.25, -0.2) is 8.78 Å². The van der Waals surface area contributed by atoms with Crippen LogP contribution in [-0.4, -0.2) is 6.54 Å². The molecular weight excluding hydrogens is 208 g/mol. The van der Waals surface area contributed by atoms with Gasteiger partial charge in [-0.3, -0.25) is 0 Å². The zero-order valence-electron chi connectivity index (χ0n) is 9.05. The maximum atomic E-state index is 13.3. The van der Waals surface area contributed by atoms with Crippen LogP contribution >= 0.6 is 0 Å². The molecule has 1 aliphatic rings. The van der Waals surface area contributed by atoms with E-state index in [9.17, 15) is 8.78 Å². The molecule has 16 heavy (non-hydrogen) atoms. The van der Waals surface area contributed by atoms with Crippen molar-refractivity contribution in [2.24, 2.45) is 5.92 Å². The molecule has 1 aromatic rings.